The number of anilines is 2. The largest absolute Gasteiger partial charge is 0.478 e. The van der Waals surface area contributed by atoms with Crippen molar-refractivity contribution in [2.45, 2.75) is 0 Å². The molecular weight excluding hydrogens is 331 g/mol. The van der Waals surface area contributed by atoms with Crippen LogP contribution in [-0.2, 0) is 0 Å². The van der Waals surface area contributed by atoms with E-state index in [1.54, 1.807) is 0 Å². The molecule has 1 heterocycles. The predicted molar refractivity (Wildman–Crippen MR) is 73.6 cm³/mol. The fourth-order valence-corrected chi connectivity index (χ4v) is 1.95. The van der Waals surface area contributed by atoms with Gasteiger partial charge in [-0.3, -0.25) is 4.98 Å². The smallest absolute Gasteiger partial charge is 0.337 e. The second-order valence-electron chi connectivity index (χ2n) is 3.36. The maximum Gasteiger partial charge on any atom is 0.337 e. The monoisotopic (exact) mass is 340 g/mol. The lowest BCUT2D eigenvalue weighted by Crippen LogP contribution is -2.03. The van der Waals surface area contributed by atoms with Gasteiger partial charge in [0.15, 0.2) is 0 Å². The highest BCUT2D eigenvalue weighted by molar-refractivity contribution is 14.1. The normalized spacial score (nSPS) is 9.94. The molecule has 0 saturated heterocycles. The first kappa shape index (κ1) is 11.8. The van der Waals surface area contributed by atoms with Crippen molar-refractivity contribution in [1.82, 2.24) is 4.98 Å². The molecule has 5 heteroatoms. The van der Waals surface area contributed by atoms with Gasteiger partial charge in [0.25, 0.3) is 0 Å². The average Bonchev–Trinajstić information content (AvgIpc) is 2.29. The molecule has 4 nitrogen and oxygen atoms in total. The van der Waals surface area contributed by atoms with E-state index in [9.17, 15) is 4.79 Å². The minimum atomic E-state index is -0.972. The van der Waals surface area contributed by atoms with E-state index in [4.69, 9.17) is 5.11 Å². The molecule has 0 aliphatic heterocycles. The number of hydrogen-bond donors (Lipinski definition) is 2. The number of carboxylic acid groups (broad SMARTS) is 1. The SMILES string of the molecule is O=C(O)c1ccncc1Nc1cccc(I)c1. The van der Waals surface area contributed by atoms with Crippen molar-refractivity contribution in [1.29, 1.82) is 0 Å². The Morgan fingerprint density at radius 2 is 2.18 bits per heavy atom. The molecule has 17 heavy (non-hydrogen) atoms. The van der Waals surface area contributed by atoms with Gasteiger partial charge >= 0.3 is 5.97 Å². The summed E-state index contributed by atoms with van der Waals surface area (Å²) in [5.41, 5.74) is 1.54. The number of pyridine rings is 1. The predicted octanol–water partition coefficient (Wildman–Crippen LogP) is 3.13. The summed E-state index contributed by atoms with van der Waals surface area (Å²) in [7, 11) is 0. The summed E-state index contributed by atoms with van der Waals surface area (Å²) in [4.78, 5) is 14.9. The van der Waals surface area contributed by atoms with Crippen LogP contribution in [0.5, 0.6) is 0 Å². The van der Waals surface area contributed by atoms with Crippen molar-refractivity contribution in [2.75, 3.05) is 5.32 Å². The molecule has 0 aliphatic rings. The third kappa shape index (κ3) is 2.94. The Hall–Kier alpha value is -1.63. The van der Waals surface area contributed by atoms with Crippen LogP contribution < -0.4 is 5.32 Å². The van der Waals surface area contributed by atoms with Gasteiger partial charge in [-0.05, 0) is 46.9 Å². The number of rotatable bonds is 3. The number of nitrogens with zero attached hydrogens (tertiary/aromatic N) is 1. The molecule has 0 amide bonds. The Morgan fingerprint density at radius 1 is 1.35 bits per heavy atom. The van der Waals surface area contributed by atoms with Crippen molar-refractivity contribution in [2.24, 2.45) is 0 Å². The standard InChI is InChI=1S/C12H9IN2O2/c13-8-2-1-3-9(6-8)15-11-7-14-5-4-10(11)12(16)17/h1-7,15H,(H,16,17). The molecule has 1 aromatic carbocycles. The number of carboxylic acids is 1. The molecule has 0 spiro atoms. The first-order chi connectivity index (χ1) is 8.16. The van der Waals surface area contributed by atoms with E-state index < -0.39 is 5.97 Å². The van der Waals surface area contributed by atoms with E-state index in [2.05, 4.69) is 32.9 Å². The molecule has 0 aliphatic carbocycles. The summed E-state index contributed by atoms with van der Waals surface area (Å²) < 4.78 is 1.08. The number of nitrogens with one attached hydrogen (secondary N) is 1. The van der Waals surface area contributed by atoms with Crippen LogP contribution in [0.25, 0.3) is 0 Å². The molecule has 0 radical (unpaired) electrons. The summed E-state index contributed by atoms with van der Waals surface area (Å²) >= 11 is 2.20. The topological polar surface area (TPSA) is 62.2 Å². The third-order valence-corrected chi connectivity index (χ3v) is 2.83. The summed E-state index contributed by atoms with van der Waals surface area (Å²) in [6.07, 6.45) is 2.96. The number of carbonyl (C=O) groups is 1. The van der Waals surface area contributed by atoms with Crippen molar-refractivity contribution in [3.8, 4) is 0 Å². The molecular formula is C12H9IN2O2. The molecule has 0 saturated carbocycles. The number of halogens is 1. The Bertz CT molecular complexity index is 558. The Balaban J connectivity index is 2.33. The molecule has 1 aromatic heterocycles. The van der Waals surface area contributed by atoms with Gasteiger partial charge in [-0.2, -0.15) is 0 Å². The third-order valence-electron chi connectivity index (χ3n) is 2.16. The van der Waals surface area contributed by atoms with Gasteiger partial charge in [0.2, 0.25) is 0 Å². The van der Waals surface area contributed by atoms with Gasteiger partial charge in [0, 0.05) is 15.5 Å². The summed E-state index contributed by atoms with van der Waals surface area (Å²) in [6.45, 7) is 0. The van der Waals surface area contributed by atoms with Crippen molar-refractivity contribution in [3.05, 3.63) is 51.9 Å². The van der Waals surface area contributed by atoms with Crippen LogP contribution in [0.15, 0.2) is 42.7 Å². The van der Waals surface area contributed by atoms with Gasteiger partial charge in [0.1, 0.15) is 0 Å². The maximum absolute atomic E-state index is 11.0. The Labute approximate surface area is 112 Å². The Morgan fingerprint density at radius 3 is 2.88 bits per heavy atom. The van der Waals surface area contributed by atoms with Gasteiger partial charge in [-0.15, -0.1) is 0 Å². The molecule has 0 atom stereocenters. The lowest BCUT2D eigenvalue weighted by Gasteiger charge is -2.08. The molecule has 2 N–H and O–H groups in total. The minimum Gasteiger partial charge on any atom is -0.478 e. The highest BCUT2D eigenvalue weighted by Gasteiger charge is 2.09. The lowest BCUT2D eigenvalue weighted by molar-refractivity contribution is 0.0698. The molecule has 0 unspecified atom stereocenters. The van der Waals surface area contributed by atoms with Crippen LogP contribution in [0.3, 0.4) is 0 Å². The molecule has 2 rings (SSSR count). The second kappa shape index (κ2) is 5.13. The van der Waals surface area contributed by atoms with Gasteiger partial charge in [-0.25, -0.2) is 4.79 Å². The maximum atomic E-state index is 11.0. The van der Waals surface area contributed by atoms with E-state index in [-0.39, 0.29) is 5.56 Å². The molecule has 0 fully saturated rings. The van der Waals surface area contributed by atoms with Crippen molar-refractivity contribution in [3.63, 3.8) is 0 Å². The number of aromatic carboxylic acids is 1. The first-order valence-corrected chi connectivity index (χ1v) is 5.94. The van der Waals surface area contributed by atoms with Crippen LogP contribution in [0.1, 0.15) is 10.4 Å². The fourth-order valence-electron chi connectivity index (χ4n) is 1.40. The number of hydrogen-bond acceptors (Lipinski definition) is 3. The Kier molecular flexibility index (Phi) is 3.58. The van der Waals surface area contributed by atoms with Crippen LogP contribution >= 0.6 is 22.6 Å². The molecule has 2 aromatic rings. The molecule has 86 valence electrons. The zero-order chi connectivity index (χ0) is 12.3. The van der Waals surface area contributed by atoms with E-state index in [1.165, 1.54) is 18.5 Å². The van der Waals surface area contributed by atoms with E-state index >= 15 is 0 Å². The minimum absolute atomic E-state index is 0.207. The quantitative estimate of drug-likeness (QED) is 0.843. The van der Waals surface area contributed by atoms with Crippen molar-refractivity contribution >= 4 is 39.9 Å². The molecule has 0 bridgehead atoms. The average molecular weight is 340 g/mol. The van der Waals surface area contributed by atoms with Crippen LogP contribution in [0, 0.1) is 3.57 Å². The van der Waals surface area contributed by atoms with Gasteiger partial charge < -0.3 is 10.4 Å². The van der Waals surface area contributed by atoms with Gasteiger partial charge in [0.05, 0.1) is 17.4 Å². The number of aromatic nitrogens is 1. The van der Waals surface area contributed by atoms with Crippen LogP contribution in [-0.4, -0.2) is 16.1 Å². The first-order valence-electron chi connectivity index (χ1n) is 4.87. The highest BCUT2D eigenvalue weighted by Crippen LogP contribution is 2.21. The summed E-state index contributed by atoms with van der Waals surface area (Å²) in [6, 6.07) is 9.15. The zero-order valence-electron chi connectivity index (χ0n) is 8.72. The van der Waals surface area contributed by atoms with Crippen molar-refractivity contribution < 1.29 is 9.90 Å². The fraction of sp³-hybridized carbons (Fsp3) is 0. The van der Waals surface area contributed by atoms with Gasteiger partial charge in [-0.1, -0.05) is 6.07 Å². The highest BCUT2D eigenvalue weighted by atomic mass is 127. The lowest BCUT2D eigenvalue weighted by atomic mass is 10.2. The summed E-state index contributed by atoms with van der Waals surface area (Å²) in [5, 5.41) is 12.1. The van der Waals surface area contributed by atoms with Crippen LogP contribution in [0.4, 0.5) is 11.4 Å². The summed E-state index contributed by atoms with van der Waals surface area (Å²) in [5.74, 6) is -0.972. The van der Waals surface area contributed by atoms with E-state index in [1.807, 2.05) is 24.3 Å². The number of benzene rings is 1. The zero-order valence-corrected chi connectivity index (χ0v) is 10.9. The van der Waals surface area contributed by atoms with E-state index in [0.717, 1.165) is 9.26 Å². The second-order valence-corrected chi connectivity index (χ2v) is 4.61. The van der Waals surface area contributed by atoms with E-state index in [0.29, 0.717) is 5.69 Å². The van der Waals surface area contributed by atoms with Crippen LogP contribution in [0.2, 0.25) is 0 Å².